The van der Waals surface area contributed by atoms with E-state index in [9.17, 15) is 4.79 Å². The maximum absolute atomic E-state index is 11.9. The molecule has 0 bridgehead atoms. The molecule has 1 aliphatic heterocycles. The standard InChI is InChI=1S/C16H25N3O2.ClH/c1-19(2)9-10-21-14-6-3-5-13(11-14)12-18-16(20)15-7-4-8-17-15;/h3,5-6,11,15,17H,4,7-10,12H2,1-2H3,(H,18,20);1H. The van der Waals surface area contributed by atoms with Crippen molar-refractivity contribution in [3.63, 3.8) is 0 Å². The number of ether oxygens (including phenoxy) is 1. The summed E-state index contributed by atoms with van der Waals surface area (Å²) < 4.78 is 5.70. The van der Waals surface area contributed by atoms with Crippen LogP contribution in [0.1, 0.15) is 18.4 Å². The van der Waals surface area contributed by atoms with Gasteiger partial charge in [0, 0.05) is 13.1 Å². The lowest BCUT2D eigenvalue weighted by Gasteiger charge is -2.13. The molecular weight excluding hydrogens is 302 g/mol. The lowest BCUT2D eigenvalue weighted by Crippen LogP contribution is -2.39. The van der Waals surface area contributed by atoms with Crippen LogP contribution >= 0.6 is 12.4 Å². The van der Waals surface area contributed by atoms with Gasteiger partial charge in [0.05, 0.1) is 6.04 Å². The number of benzene rings is 1. The van der Waals surface area contributed by atoms with Gasteiger partial charge in [-0.2, -0.15) is 0 Å². The predicted octanol–water partition coefficient (Wildman–Crippen LogP) is 1.42. The van der Waals surface area contributed by atoms with Crippen molar-refractivity contribution < 1.29 is 9.53 Å². The van der Waals surface area contributed by atoms with E-state index in [2.05, 4.69) is 15.5 Å². The van der Waals surface area contributed by atoms with Crippen molar-refractivity contribution in [1.82, 2.24) is 15.5 Å². The highest BCUT2D eigenvalue weighted by molar-refractivity contribution is 5.85. The Morgan fingerprint density at radius 2 is 2.27 bits per heavy atom. The molecule has 0 aliphatic carbocycles. The number of hydrogen-bond acceptors (Lipinski definition) is 4. The van der Waals surface area contributed by atoms with Crippen LogP contribution in [0.4, 0.5) is 0 Å². The van der Waals surface area contributed by atoms with Crippen LogP contribution in [0.5, 0.6) is 5.75 Å². The predicted molar refractivity (Wildman–Crippen MR) is 90.6 cm³/mol. The lowest BCUT2D eigenvalue weighted by atomic mass is 10.2. The normalized spacial score (nSPS) is 17.1. The topological polar surface area (TPSA) is 53.6 Å². The Kier molecular flexibility index (Phi) is 8.24. The van der Waals surface area contributed by atoms with Crippen molar-refractivity contribution in [3.05, 3.63) is 29.8 Å². The van der Waals surface area contributed by atoms with E-state index in [0.717, 1.165) is 37.2 Å². The molecule has 1 aliphatic rings. The van der Waals surface area contributed by atoms with Crippen LogP contribution in [0.3, 0.4) is 0 Å². The molecule has 1 heterocycles. The molecule has 1 amide bonds. The Hall–Kier alpha value is -1.30. The van der Waals surface area contributed by atoms with Crippen molar-refractivity contribution in [2.75, 3.05) is 33.8 Å². The highest BCUT2D eigenvalue weighted by atomic mass is 35.5. The monoisotopic (exact) mass is 327 g/mol. The molecular formula is C16H26ClN3O2. The van der Waals surface area contributed by atoms with E-state index in [1.807, 2.05) is 38.4 Å². The zero-order valence-corrected chi connectivity index (χ0v) is 14.1. The quantitative estimate of drug-likeness (QED) is 0.795. The summed E-state index contributed by atoms with van der Waals surface area (Å²) in [6, 6.07) is 7.86. The van der Waals surface area contributed by atoms with Gasteiger partial charge in [-0.3, -0.25) is 4.79 Å². The Morgan fingerprint density at radius 3 is 2.95 bits per heavy atom. The number of hydrogen-bond donors (Lipinski definition) is 2. The number of carbonyl (C=O) groups excluding carboxylic acids is 1. The van der Waals surface area contributed by atoms with Crippen LogP contribution in [0.25, 0.3) is 0 Å². The second-order valence-corrected chi connectivity index (χ2v) is 5.67. The summed E-state index contributed by atoms with van der Waals surface area (Å²) in [5.74, 6) is 0.939. The van der Waals surface area contributed by atoms with Crippen LogP contribution < -0.4 is 15.4 Å². The maximum atomic E-state index is 11.9. The van der Waals surface area contributed by atoms with Crippen LogP contribution in [-0.4, -0.2) is 50.6 Å². The lowest BCUT2D eigenvalue weighted by molar-refractivity contribution is -0.122. The highest BCUT2D eigenvalue weighted by Gasteiger charge is 2.21. The minimum absolute atomic E-state index is 0. The van der Waals surface area contributed by atoms with Crippen molar-refractivity contribution in [2.24, 2.45) is 0 Å². The summed E-state index contributed by atoms with van der Waals surface area (Å²) in [4.78, 5) is 14.0. The molecule has 0 aromatic heterocycles. The van der Waals surface area contributed by atoms with E-state index < -0.39 is 0 Å². The number of nitrogens with zero attached hydrogens (tertiary/aromatic N) is 1. The Labute approximate surface area is 138 Å². The number of likely N-dealkylation sites (N-methyl/N-ethyl adjacent to an activating group) is 1. The maximum Gasteiger partial charge on any atom is 0.237 e. The van der Waals surface area contributed by atoms with Gasteiger partial charge < -0.3 is 20.3 Å². The van der Waals surface area contributed by atoms with E-state index in [0.29, 0.717) is 13.2 Å². The first-order valence-electron chi connectivity index (χ1n) is 7.53. The Bertz CT molecular complexity index is 462. The number of halogens is 1. The summed E-state index contributed by atoms with van der Waals surface area (Å²) >= 11 is 0. The fourth-order valence-corrected chi connectivity index (χ4v) is 2.31. The third kappa shape index (κ3) is 6.22. The molecule has 0 radical (unpaired) electrons. The van der Waals surface area contributed by atoms with Crippen molar-refractivity contribution in [3.8, 4) is 5.75 Å². The zero-order valence-electron chi connectivity index (χ0n) is 13.3. The molecule has 2 N–H and O–H groups in total. The van der Waals surface area contributed by atoms with Crippen LogP contribution in [0.2, 0.25) is 0 Å². The van der Waals surface area contributed by atoms with Crippen molar-refractivity contribution in [2.45, 2.75) is 25.4 Å². The fraction of sp³-hybridized carbons (Fsp3) is 0.562. The van der Waals surface area contributed by atoms with Gasteiger partial charge in [-0.15, -0.1) is 12.4 Å². The van der Waals surface area contributed by atoms with Gasteiger partial charge in [0.25, 0.3) is 0 Å². The van der Waals surface area contributed by atoms with Gasteiger partial charge in [0.1, 0.15) is 12.4 Å². The summed E-state index contributed by atoms with van der Waals surface area (Å²) in [5, 5.41) is 6.18. The molecule has 5 nitrogen and oxygen atoms in total. The summed E-state index contributed by atoms with van der Waals surface area (Å²) in [6.45, 7) is 3.03. The van der Waals surface area contributed by atoms with E-state index in [-0.39, 0.29) is 24.4 Å². The first-order valence-corrected chi connectivity index (χ1v) is 7.53. The van der Waals surface area contributed by atoms with Crippen LogP contribution in [-0.2, 0) is 11.3 Å². The third-order valence-electron chi connectivity index (χ3n) is 3.55. The van der Waals surface area contributed by atoms with E-state index in [1.165, 1.54) is 0 Å². The first-order chi connectivity index (χ1) is 10.1. The number of amides is 1. The molecule has 0 spiro atoms. The molecule has 1 fully saturated rings. The molecule has 1 atom stereocenters. The molecule has 22 heavy (non-hydrogen) atoms. The van der Waals surface area contributed by atoms with E-state index >= 15 is 0 Å². The molecule has 124 valence electrons. The molecule has 0 saturated carbocycles. The van der Waals surface area contributed by atoms with Gasteiger partial charge in [0.15, 0.2) is 0 Å². The Balaban J connectivity index is 0.00000242. The smallest absolute Gasteiger partial charge is 0.237 e. The van der Waals surface area contributed by atoms with Gasteiger partial charge in [0.2, 0.25) is 5.91 Å². The molecule has 6 heteroatoms. The van der Waals surface area contributed by atoms with Crippen LogP contribution in [0.15, 0.2) is 24.3 Å². The van der Waals surface area contributed by atoms with Gasteiger partial charge in [-0.05, 0) is 51.2 Å². The summed E-state index contributed by atoms with van der Waals surface area (Å²) in [5.41, 5.74) is 1.06. The van der Waals surface area contributed by atoms with E-state index in [1.54, 1.807) is 0 Å². The molecule has 1 aromatic rings. The average molecular weight is 328 g/mol. The third-order valence-corrected chi connectivity index (χ3v) is 3.55. The second-order valence-electron chi connectivity index (χ2n) is 5.67. The summed E-state index contributed by atoms with van der Waals surface area (Å²) in [7, 11) is 4.04. The molecule has 1 aromatic carbocycles. The van der Waals surface area contributed by atoms with E-state index in [4.69, 9.17) is 4.74 Å². The number of nitrogens with one attached hydrogen (secondary N) is 2. The number of rotatable bonds is 7. The Morgan fingerprint density at radius 1 is 1.45 bits per heavy atom. The highest BCUT2D eigenvalue weighted by Crippen LogP contribution is 2.13. The largest absolute Gasteiger partial charge is 0.492 e. The minimum Gasteiger partial charge on any atom is -0.492 e. The number of carbonyl (C=O) groups is 1. The first kappa shape index (κ1) is 18.7. The second kappa shape index (κ2) is 9.66. The van der Waals surface area contributed by atoms with Gasteiger partial charge in [-0.1, -0.05) is 12.1 Å². The molecule has 1 unspecified atom stereocenters. The zero-order chi connectivity index (χ0) is 15.1. The van der Waals surface area contributed by atoms with Gasteiger partial charge in [-0.25, -0.2) is 0 Å². The van der Waals surface area contributed by atoms with Gasteiger partial charge >= 0.3 is 0 Å². The minimum atomic E-state index is -0.0236. The van der Waals surface area contributed by atoms with Crippen molar-refractivity contribution in [1.29, 1.82) is 0 Å². The van der Waals surface area contributed by atoms with Crippen LogP contribution in [0, 0.1) is 0 Å². The summed E-state index contributed by atoms with van der Waals surface area (Å²) in [6.07, 6.45) is 2.01. The average Bonchev–Trinajstić information content (AvgIpc) is 2.99. The van der Waals surface area contributed by atoms with Crippen molar-refractivity contribution >= 4 is 18.3 Å². The molecule has 1 saturated heterocycles. The SMILES string of the molecule is CN(C)CCOc1cccc(CNC(=O)C2CCCN2)c1.Cl. The molecule has 2 rings (SSSR count). The fourth-order valence-electron chi connectivity index (χ4n) is 2.31.